The zero-order valence-electron chi connectivity index (χ0n) is 10.7. The molecule has 0 aromatic carbocycles. The maximum absolute atomic E-state index is 12.1. The van der Waals surface area contributed by atoms with Crippen molar-refractivity contribution < 1.29 is 9.53 Å². The molecule has 0 aromatic heterocycles. The van der Waals surface area contributed by atoms with E-state index in [2.05, 4.69) is 12.2 Å². The summed E-state index contributed by atoms with van der Waals surface area (Å²) < 4.78 is 5.50. The molecule has 4 atom stereocenters. The molecule has 1 saturated carbocycles. The van der Waals surface area contributed by atoms with Crippen molar-refractivity contribution in [1.29, 1.82) is 0 Å². The van der Waals surface area contributed by atoms with Crippen molar-refractivity contribution in [2.24, 2.45) is 17.6 Å². The summed E-state index contributed by atoms with van der Waals surface area (Å²) in [5.74, 6) is 0.566. The molecule has 0 bridgehead atoms. The Morgan fingerprint density at radius 3 is 2.88 bits per heavy atom. The Morgan fingerprint density at radius 2 is 2.18 bits per heavy atom. The summed E-state index contributed by atoms with van der Waals surface area (Å²) in [6, 6.07) is 0.183. The number of nitrogens with two attached hydrogens (primary N) is 1. The van der Waals surface area contributed by atoms with Crippen molar-refractivity contribution in [3.05, 3.63) is 0 Å². The summed E-state index contributed by atoms with van der Waals surface area (Å²) in [5.41, 5.74) is 6.02. The Balaban J connectivity index is 1.78. The standard InChI is InChI=1S/C13H24N2O2/c1-9-11(5-2-6-12(9)14)13(16)15-8-10-4-3-7-17-10/h9-12H,2-8,14H2,1H3,(H,15,16). The van der Waals surface area contributed by atoms with Gasteiger partial charge in [0, 0.05) is 25.1 Å². The van der Waals surface area contributed by atoms with E-state index in [9.17, 15) is 4.79 Å². The minimum absolute atomic E-state index is 0.0974. The Morgan fingerprint density at radius 1 is 1.35 bits per heavy atom. The van der Waals surface area contributed by atoms with Gasteiger partial charge in [0.2, 0.25) is 5.91 Å². The van der Waals surface area contributed by atoms with Gasteiger partial charge in [-0.05, 0) is 31.6 Å². The van der Waals surface area contributed by atoms with Gasteiger partial charge in [-0.25, -0.2) is 0 Å². The summed E-state index contributed by atoms with van der Waals surface area (Å²) in [7, 11) is 0. The third-order valence-corrected chi connectivity index (χ3v) is 4.23. The van der Waals surface area contributed by atoms with Crippen LogP contribution in [0.15, 0.2) is 0 Å². The molecule has 4 heteroatoms. The van der Waals surface area contributed by atoms with E-state index in [1.54, 1.807) is 0 Å². The highest BCUT2D eigenvalue weighted by molar-refractivity contribution is 5.79. The lowest BCUT2D eigenvalue weighted by molar-refractivity contribution is -0.128. The Labute approximate surface area is 103 Å². The van der Waals surface area contributed by atoms with Crippen LogP contribution in [0.4, 0.5) is 0 Å². The number of ether oxygens (including phenoxy) is 1. The number of nitrogens with one attached hydrogen (secondary N) is 1. The molecule has 0 spiro atoms. The van der Waals surface area contributed by atoms with Crippen molar-refractivity contribution in [2.75, 3.05) is 13.2 Å². The molecule has 1 saturated heterocycles. The molecule has 2 rings (SSSR count). The first-order valence-corrected chi connectivity index (χ1v) is 6.83. The molecule has 4 unspecified atom stereocenters. The molecule has 0 radical (unpaired) electrons. The fraction of sp³-hybridized carbons (Fsp3) is 0.923. The summed E-state index contributed by atoms with van der Waals surface area (Å²) in [4.78, 5) is 12.1. The van der Waals surface area contributed by atoms with E-state index in [0.717, 1.165) is 38.7 Å². The first-order valence-electron chi connectivity index (χ1n) is 6.83. The van der Waals surface area contributed by atoms with Gasteiger partial charge in [-0.15, -0.1) is 0 Å². The molecular formula is C13H24N2O2. The predicted octanol–water partition coefficient (Wildman–Crippen LogP) is 1.05. The zero-order valence-corrected chi connectivity index (χ0v) is 10.7. The summed E-state index contributed by atoms with van der Waals surface area (Å²) in [5, 5.41) is 3.03. The van der Waals surface area contributed by atoms with Crippen LogP contribution in [0.25, 0.3) is 0 Å². The number of amides is 1. The molecule has 2 fully saturated rings. The normalized spacial score (nSPS) is 38.0. The lowest BCUT2D eigenvalue weighted by Crippen LogP contribution is -2.45. The molecule has 4 nitrogen and oxygen atoms in total. The van der Waals surface area contributed by atoms with Gasteiger partial charge in [0.15, 0.2) is 0 Å². The van der Waals surface area contributed by atoms with Gasteiger partial charge in [0.25, 0.3) is 0 Å². The van der Waals surface area contributed by atoms with Crippen LogP contribution in [-0.4, -0.2) is 31.2 Å². The van der Waals surface area contributed by atoms with Gasteiger partial charge < -0.3 is 15.8 Å². The number of carbonyl (C=O) groups excluding carboxylic acids is 1. The van der Waals surface area contributed by atoms with Crippen LogP contribution in [0.3, 0.4) is 0 Å². The molecule has 1 aliphatic carbocycles. The molecule has 3 N–H and O–H groups in total. The second-order valence-corrected chi connectivity index (χ2v) is 5.44. The molecule has 2 aliphatic rings. The van der Waals surface area contributed by atoms with Gasteiger partial charge in [0.1, 0.15) is 0 Å². The molecule has 1 heterocycles. The third kappa shape index (κ3) is 3.19. The molecule has 0 aromatic rings. The van der Waals surface area contributed by atoms with Gasteiger partial charge in [-0.1, -0.05) is 13.3 Å². The number of hydrogen-bond donors (Lipinski definition) is 2. The lowest BCUT2D eigenvalue weighted by atomic mass is 9.77. The highest BCUT2D eigenvalue weighted by atomic mass is 16.5. The van der Waals surface area contributed by atoms with Crippen LogP contribution in [0.2, 0.25) is 0 Å². The number of rotatable bonds is 3. The zero-order chi connectivity index (χ0) is 12.3. The molecule has 98 valence electrons. The second kappa shape index (κ2) is 5.83. The van der Waals surface area contributed by atoms with Crippen molar-refractivity contribution in [3.8, 4) is 0 Å². The minimum Gasteiger partial charge on any atom is -0.376 e. The SMILES string of the molecule is CC1C(N)CCCC1C(=O)NCC1CCCO1. The van der Waals surface area contributed by atoms with Crippen LogP contribution in [-0.2, 0) is 9.53 Å². The van der Waals surface area contributed by atoms with Crippen molar-refractivity contribution in [3.63, 3.8) is 0 Å². The monoisotopic (exact) mass is 240 g/mol. The maximum Gasteiger partial charge on any atom is 0.223 e. The van der Waals surface area contributed by atoms with E-state index >= 15 is 0 Å². The Kier molecular flexibility index (Phi) is 4.40. The van der Waals surface area contributed by atoms with Gasteiger partial charge >= 0.3 is 0 Å². The van der Waals surface area contributed by atoms with Crippen molar-refractivity contribution in [1.82, 2.24) is 5.32 Å². The van der Waals surface area contributed by atoms with Crippen molar-refractivity contribution in [2.45, 2.75) is 51.2 Å². The first-order chi connectivity index (χ1) is 8.18. The summed E-state index contributed by atoms with van der Waals surface area (Å²) >= 11 is 0. The molecule has 1 amide bonds. The fourth-order valence-electron chi connectivity index (χ4n) is 2.92. The second-order valence-electron chi connectivity index (χ2n) is 5.44. The third-order valence-electron chi connectivity index (χ3n) is 4.23. The van der Waals surface area contributed by atoms with Crippen LogP contribution < -0.4 is 11.1 Å². The highest BCUT2D eigenvalue weighted by Crippen LogP contribution is 2.29. The lowest BCUT2D eigenvalue weighted by Gasteiger charge is -2.33. The number of carbonyl (C=O) groups is 1. The molecular weight excluding hydrogens is 216 g/mol. The van der Waals surface area contributed by atoms with E-state index in [4.69, 9.17) is 10.5 Å². The average molecular weight is 240 g/mol. The largest absolute Gasteiger partial charge is 0.376 e. The summed E-state index contributed by atoms with van der Waals surface area (Å²) in [6.07, 6.45) is 5.52. The fourth-order valence-corrected chi connectivity index (χ4v) is 2.92. The molecule has 17 heavy (non-hydrogen) atoms. The van der Waals surface area contributed by atoms with E-state index < -0.39 is 0 Å². The van der Waals surface area contributed by atoms with Gasteiger partial charge in [-0.2, -0.15) is 0 Å². The van der Waals surface area contributed by atoms with E-state index in [0.29, 0.717) is 12.5 Å². The Bertz CT molecular complexity index is 264. The van der Waals surface area contributed by atoms with E-state index in [1.165, 1.54) is 0 Å². The van der Waals surface area contributed by atoms with E-state index in [1.807, 2.05) is 0 Å². The topological polar surface area (TPSA) is 64.4 Å². The first kappa shape index (κ1) is 12.8. The predicted molar refractivity (Wildman–Crippen MR) is 66.5 cm³/mol. The minimum atomic E-state index is 0.0974. The Hall–Kier alpha value is -0.610. The number of hydrogen-bond acceptors (Lipinski definition) is 3. The smallest absolute Gasteiger partial charge is 0.223 e. The van der Waals surface area contributed by atoms with Crippen molar-refractivity contribution >= 4 is 5.91 Å². The van der Waals surface area contributed by atoms with Crippen LogP contribution >= 0.6 is 0 Å². The molecule has 1 aliphatic heterocycles. The van der Waals surface area contributed by atoms with Crippen LogP contribution in [0.5, 0.6) is 0 Å². The van der Waals surface area contributed by atoms with Crippen LogP contribution in [0, 0.1) is 11.8 Å². The van der Waals surface area contributed by atoms with Crippen LogP contribution in [0.1, 0.15) is 39.0 Å². The highest BCUT2D eigenvalue weighted by Gasteiger charge is 2.32. The van der Waals surface area contributed by atoms with E-state index in [-0.39, 0.29) is 24.0 Å². The average Bonchev–Trinajstić information content (AvgIpc) is 2.82. The van der Waals surface area contributed by atoms with Gasteiger partial charge in [0.05, 0.1) is 6.10 Å². The summed E-state index contributed by atoms with van der Waals surface area (Å²) in [6.45, 7) is 3.60. The quantitative estimate of drug-likeness (QED) is 0.775. The van der Waals surface area contributed by atoms with Gasteiger partial charge in [-0.3, -0.25) is 4.79 Å². The maximum atomic E-state index is 12.1.